The molecule has 1 heterocycles. The standard InChI is InChI=1S/C9H20N/c1-8-6-5-7-9(2)10(8,3)4/h8-9H,5-7H2,1-4H3/q+1. The van der Waals surface area contributed by atoms with Crippen molar-refractivity contribution in [3.8, 4) is 0 Å². The second kappa shape index (κ2) is 2.54. The van der Waals surface area contributed by atoms with Gasteiger partial charge in [0, 0.05) is 0 Å². The lowest BCUT2D eigenvalue weighted by Crippen LogP contribution is -2.55. The highest BCUT2D eigenvalue weighted by Gasteiger charge is 2.33. The van der Waals surface area contributed by atoms with E-state index in [0.717, 1.165) is 12.1 Å². The van der Waals surface area contributed by atoms with Crippen LogP contribution in [-0.4, -0.2) is 30.7 Å². The molecule has 1 heteroatoms. The van der Waals surface area contributed by atoms with Crippen molar-refractivity contribution in [2.75, 3.05) is 14.1 Å². The van der Waals surface area contributed by atoms with Crippen molar-refractivity contribution in [2.45, 2.75) is 45.2 Å². The molecule has 1 fully saturated rings. The molecule has 0 aliphatic carbocycles. The summed E-state index contributed by atoms with van der Waals surface area (Å²) in [6, 6.07) is 1.73. The molecule has 0 radical (unpaired) electrons. The predicted molar refractivity (Wildman–Crippen MR) is 44.9 cm³/mol. The summed E-state index contributed by atoms with van der Waals surface area (Å²) in [5, 5.41) is 0. The molecule has 1 aliphatic rings. The minimum atomic E-state index is 0.865. The van der Waals surface area contributed by atoms with Gasteiger partial charge in [0.05, 0.1) is 26.2 Å². The molecule has 10 heavy (non-hydrogen) atoms. The van der Waals surface area contributed by atoms with Gasteiger partial charge >= 0.3 is 0 Å². The SMILES string of the molecule is CC1CCCC(C)[N+]1(C)C. The Morgan fingerprint density at radius 2 is 1.40 bits per heavy atom. The third kappa shape index (κ3) is 1.20. The van der Waals surface area contributed by atoms with Crippen LogP contribution in [0.3, 0.4) is 0 Å². The highest BCUT2D eigenvalue weighted by molar-refractivity contribution is 4.64. The molecule has 1 saturated heterocycles. The molecule has 60 valence electrons. The highest BCUT2D eigenvalue weighted by Crippen LogP contribution is 2.26. The van der Waals surface area contributed by atoms with E-state index in [1.54, 1.807) is 0 Å². The summed E-state index contributed by atoms with van der Waals surface area (Å²) in [6.45, 7) is 4.74. The smallest absolute Gasteiger partial charge is 0.0859 e. The van der Waals surface area contributed by atoms with Gasteiger partial charge in [-0.15, -0.1) is 0 Å². The fraction of sp³-hybridized carbons (Fsp3) is 1.00. The van der Waals surface area contributed by atoms with E-state index in [4.69, 9.17) is 0 Å². The fourth-order valence-electron chi connectivity index (χ4n) is 1.81. The van der Waals surface area contributed by atoms with Crippen LogP contribution in [0.5, 0.6) is 0 Å². The number of hydrogen-bond acceptors (Lipinski definition) is 0. The Labute approximate surface area is 64.6 Å². The largest absolute Gasteiger partial charge is 0.324 e. The lowest BCUT2D eigenvalue weighted by Gasteiger charge is -2.45. The minimum absolute atomic E-state index is 0.865. The van der Waals surface area contributed by atoms with E-state index in [0.29, 0.717) is 0 Å². The summed E-state index contributed by atoms with van der Waals surface area (Å²) in [7, 11) is 4.71. The molecule has 0 saturated carbocycles. The summed E-state index contributed by atoms with van der Waals surface area (Å²) < 4.78 is 1.22. The van der Waals surface area contributed by atoms with Gasteiger partial charge in [0.1, 0.15) is 0 Å². The number of quaternary nitrogens is 1. The number of piperidine rings is 1. The summed E-state index contributed by atoms with van der Waals surface area (Å²) in [5.41, 5.74) is 0. The first kappa shape index (κ1) is 8.06. The van der Waals surface area contributed by atoms with E-state index in [-0.39, 0.29) is 0 Å². The van der Waals surface area contributed by atoms with Crippen LogP contribution in [0.2, 0.25) is 0 Å². The van der Waals surface area contributed by atoms with Gasteiger partial charge in [0.2, 0.25) is 0 Å². The molecule has 0 aromatic rings. The van der Waals surface area contributed by atoms with E-state index in [2.05, 4.69) is 27.9 Å². The van der Waals surface area contributed by atoms with Gasteiger partial charge in [-0.1, -0.05) is 0 Å². The van der Waals surface area contributed by atoms with Crippen LogP contribution in [0.25, 0.3) is 0 Å². The van der Waals surface area contributed by atoms with Gasteiger partial charge in [0.25, 0.3) is 0 Å². The third-order valence-corrected chi connectivity index (χ3v) is 3.52. The van der Waals surface area contributed by atoms with Crippen LogP contribution >= 0.6 is 0 Å². The Kier molecular flexibility index (Phi) is 2.04. The fourth-order valence-corrected chi connectivity index (χ4v) is 1.81. The quantitative estimate of drug-likeness (QED) is 0.454. The molecule has 0 bridgehead atoms. The summed E-state index contributed by atoms with van der Waals surface area (Å²) in [4.78, 5) is 0. The zero-order chi connectivity index (χ0) is 7.78. The third-order valence-electron chi connectivity index (χ3n) is 3.52. The molecule has 0 aromatic carbocycles. The molecule has 0 aromatic heterocycles. The molecule has 1 nitrogen and oxygen atoms in total. The molecular weight excluding hydrogens is 122 g/mol. The van der Waals surface area contributed by atoms with Crippen molar-refractivity contribution in [1.82, 2.24) is 0 Å². The van der Waals surface area contributed by atoms with Gasteiger partial charge in [-0.3, -0.25) is 0 Å². The molecule has 0 spiro atoms. The lowest BCUT2D eigenvalue weighted by atomic mass is 9.96. The van der Waals surface area contributed by atoms with E-state index in [1.807, 2.05) is 0 Å². The van der Waals surface area contributed by atoms with E-state index < -0.39 is 0 Å². The summed E-state index contributed by atoms with van der Waals surface area (Å²) in [6.07, 6.45) is 4.26. The molecule has 1 aliphatic heterocycles. The Morgan fingerprint density at radius 3 is 1.70 bits per heavy atom. The predicted octanol–water partition coefficient (Wildman–Crippen LogP) is 2.02. The van der Waals surface area contributed by atoms with Crippen LogP contribution < -0.4 is 0 Å². The van der Waals surface area contributed by atoms with E-state index in [1.165, 1.54) is 23.7 Å². The van der Waals surface area contributed by atoms with Gasteiger partial charge in [0.15, 0.2) is 0 Å². The Morgan fingerprint density at radius 1 is 1.00 bits per heavy atom. The van der Waals surface area contributed by atoms with Gasteiger partial charge in [-0.25, -0.2) is 0 Å². The van der Waals surface area contributed by atoms with Crippen molar-refractivity contribution in [3.05, 3.63) is 0 Å². The topological polar surface area (TPSA) is 0 Å². The zero-order valence-electron chi connectivity index (χ0n) is 7.72. The monoisotopic (exact) mass is 142 g/mol. The molecule has 2 atom stereocenters. The van der Waals surface area contributed by atoms with Crippen LogP contribution in [0.4, 0.5) is 0 Å². The van der Waals surface area contributed by atoms with Crippen molar-refractivity contribution in [2.24, 2.45) is 0 Å². The second-order valence-corrected chi connectivity index (χ2v) is 4.26. The molecule has 1 rings (SSSR count). The van der Waals surface area contributed by atoms with Crippen molar-refractivity contribution >= 4 is 0 Å². The lowest BCUT2D eigenvalue weighted by molar-refractivity contribution is -0.940. The average Bonchev–Trinajstić information content (AvgIpc) is 1.84. The van der Waals surface area contributed by atoms with Gasteiger partial charge in [-0.05, 0) is 33.1 Å². The second-order valence-electron chi connectivity index (χ2n) is 4.26. The van der Waals surface area contributed by atoms with Crippen LogP contribution in [0.1, 0.15) is 33.1 Å². The Balaban J connectivity index is 2.63. The van der Waals surface area contributed by atoms with Crippen molar-refractivity contribution in [1.29, 1.82) is 0 Å². The summed E-state index contributed by atoms with van der Waals surface area (Å²) in [5.74, 6) is 0. The zero-order valence-corrected chi connectivity index (χ0v) is 7.72. The van der Waals surface area contributed by atoms with E-state index in [9.17, 15) is 0 Å². The first-order valence-electron chi connectivity index (χ1n) is 4.38. The van der Waals surface area contributed by atoms with Crippen molar-refractivity contribution < 1.29 is 4.48 Å². The first-order valence-corrected chi connectivity index (χ1v) is 4.38. The molecule has 2 unspecified atom stereocenters. The minimum Gasteiger partial charge on any atom is -0.324 e. The Hall–Kier alpha value is -0.0400. The maximum absolute atomic E-state index is 2.37. The van der Waals surface area contributed by atoms with Gasteiger partial charge < -0.3 is 4.48 Å². The number of likely N-dealkylation sites (tertiary alicyclic amines) is 1. The van der Waals surface area contributed by atoms with Crippen LogP contribution in [-0.2, 0) is 0 Å². The normalized spacial score (nSPS) is 39.6. The van der Waals surface area contributed by atoms with Crippen LogP contribution in [0.15, 0.2) is 0 Å². The van der Waals surface area contributed by atoms with Crippen molar-refractivity contribution in [3.63, 3.8) is 0 Å². The first-order chi connectivity index (χ1) is 4.55. The number of nitrogens with zero attached hydrogens (tertiary/aromatic N) is 1. The number of hydrogen-bond donors (Lipinski definition) is 0. The van der Waals surface area contributed by atoms with E-state index >= 15 is 0 Å². The Bertz CT molecular complexity index is 106. The maximum atomic E-state index is 2.37. The van der Waals surface area contributed by atoms with Gasteiger partial charge in [-0.2, -0.15) is 0 Å². The average molecular weight is 142 g/mol. The number of rotatable bonds is 0. The highest BCUT2D eigenvalue weighted by atomic mass is 15.4. The molecule has 0 N–H and O–H groups in total. The molecule has 0 amide bonds. The molecular formula is C9H20N+. The summed E-state index contributed by atoms with van der Waals surface area (Å²) >= 11 is 0. The maximum Gasteiger partial charge on any atom is 0.0859 e. The van der Waals surface area contributed by atoms with Crippen LogP contribution in [0, 0.1) is 0 Å².